The van der Waals surface area contributed by atoms with E-state index in [1.54, 1.807) is 18.2 Å². The zero-order chi connectivity index (χ0) is 10.1. The van der Waals surface area contributed by atoms with Gasteiger partial charge in [-0.2, -0.15) is 0 Å². The highest BCUT2D eigenvalue weighted by Crippen LogP contribution is 2.32. The summed E-state index contributed by atoms with van der Waals surface area (Å²) in [7, 11) is 0. The summed E-state index contributed by atoms with van der Waals surface area (Å²) in [5, 5.41) is 1.16. The summed E-state index contributed by atoms with van der Waals surface area (Å²) in [6.45, 7) is 0.641. The van der Waals surface area contributed by atoms with Gasteiger partial charge in [0.2, 0.25) is 0 Å². The van der Waals surface area contributed by atoms with Gasteiger partial charge in [0, 0.05) is 17.0 Å². The number of ether oxygens (including phenoxy) is 1. The summed E-state index contributed by atoms with van der Waals surface area (Å²) in [4.78, 5) is 0. The van der Waals surface area contributed by atoms with Gasteiger partial charge in [-0.25, -0.2) is 0 Å². The molecule has 2 unspecified atom stereocenters. The highest BCUT2D eigenvalue weighted by Gasteiger charge is 2.33. The third kappa shape index (κ3) is 2.32. The van der Waals surface area contributed by atoms with Gasteiger partial charge in [-0.1, -0.05) is 23.2 Å². The first kappa shape index (κ1) is 10.1. The van der Waals surface area contributed by atoms with Crippen molar-refractivity contribution in [2.45, 2.75) is 12.5 Å². The van der Waals surface area contributed by atoms with Crippen molar-refractivity contribution in [2.75, 3.05) is 6.61 Å². The summed E-state index contributed by atoms with van der Waals surface area (Å²) >= 11 is 11.7. The Balaban J connectivity index is 1.95. The Morgan fingerprint density at radius 3 is 2.71 bits per heavy atom. The van der Waals surface area contributed by atoms with Crippen LogP contribution in [0.2, 0.25) is 10.0 Å². The Labute approximate surface area is 92.9 Å². The van der Waals surface area contributed by atoms with E-state index < -0.39 is 0 Å². The van der Waals surface area contributed by atoms with Crippen LogP contribution in [0.3, 0.4) is 0 Å². The molecule has 0 aromatic heterocycles. The molecule has 0 radical (unpaired) electrons. The van der Waals surface area contributed by atoms with Gasteiger partial charge < -0.3 is 10.5 Å². The van der Waals surface area contributed by atoms with Crippen LogP contribution >= 0.6 is 23.2 Å². The molecule has 0 spiro atoms. The maximum absolute atomic E-state index is 5.93. The van der Waals surface area contributed by atoms with Crippen LogP contribution in [0.15, 0.2) is 18.2 Å². The lowest BCUT2D eigenvalue weighted by atomic mass is 10.3. The molecular weight excluding hydrogens is 221 g/mol. The second kappa shape index (κ2) is 3.97. The van der Waals surface area contributed by atoms with E-state index >= 15 is 0 Å². The van der Waals surface area contributed by atoms with E-state index in [0.29, 0.717) is 34.4 Å². The molecule has 2 atom stereocenters. The molecule has 2 rings (SSSR count). The Kier molecular flexibility index (Phi) is 2.86. The quantitative estimate of drug-likeness (QED) is 0.869. The fourth-order valence-electron chi connectivity index (χ4n) is 1.25. The third-order valence-corrected chi connectivity index (χ3v) is 2.85. The largest absolute Gasteiger partial charge is 0.492 e. The van der Waals surface area contributed by atoms with Gasteiger partial charge >= 0.3 is 0 Å². The minimum Gasteiger partial charge on any atom is -0.492 e. The second-order valence-electron chi connectivity index (χ2n) is 3.55. The van der Waals surface area contributed by atoms with Gasteiger partial charge in [-0.05, 0) is 24.6 Å². The smallest absolute Gasteiger partial charge is 0.137 e. The molecule has 0 amide bonds. The van der Waals surface area contributed by atoms with Crippen LogP contribution in [0.1, 0.15) is 6.42 Å². The first-order valence-corrected chi connectivity index (χ1v) is 5.26. The van der Waals surface area contributed by atoms with E-state index in [0.717, 1.165) is 6.42 Å². The van der Waals surface area contributed by atoms with E-state index in [1.807, 2.05) is 0 Å². The minimum atomic E-state index is 0.307. The molecule has 0 bridgehead atoms. The van der Waals surface area contributed by atoms with Gasteiger partial charge in [-0.3, -0.25) is 0 Å². The summed E-state index contributed by atoms with van der Waals surface area (Å²) < 4.78 is 5.52. The van der Waals surface area contributed by atoms with Gasteiger partial charge in [0.25, 0.3) is 0 Å². The lowest BCUT2D eigenvalue weighted by Gasteiger charge is -2.07. The molecule has 76 valence electrons. The molecule has 1 fully saturated rings. The second-order valence-corrected chi connectivity index (χ2v) is 4.39. The SMILES string of the molecule is NC1CC1COc1ccc(Cl)cc1Cl. The van der Waals surface area contributed by atoms with Crippen LogP contribution in [0.5, 0.6) is 5.75 Å². The van der Waals surface area contributed by atoms with E-state index in [-0.39, 0.29) is 0 Å². The van der Waals surface area contributed by atoms with Crippen molar-refractivity contribution >= 4 is 23.2 Å². The molecule has 0 heterocycles. The molecular formula is C10H11Cl2NO. The van der Waals surface area contributed by atoms with Crippen molar-refractivity contribution in [1.29, 1.82) is 0 Å². The number of nitrogens with two attached hydrogens (primary N) is 1. The van der Waals surface area contributed by atoms with Crippen LogP contribution in [0.4, 0.5) is 0 Å². The van der Waals surface area contributed by atoms with E-state index in [9.17, 15) is 0 Å². The monoisotopic (exact) mass is 231 g/mol. The van der Waals surface area contributed by atoms with Crippen LogP contribution in [-0.4, -0.2) is 12.6 Å². The first-order chi connectivity index (χ1) is 6.66. The van der Waals surface area contributed by atoms with Crippen LogP contribution in [0, 0.1) is 5.92 Å². The molecule has 1 aromatic carbocycles. The maximum Gasteiger partial charge on any atom is 0.137 e. The topological polar surface area (TPSA) is 35.2 Å². The van der Waals surface area contributed by atoms with Gasteiger partial charge in [0.1, 0.15) is 5.75 Å². The lowest BCUT2D eigenvalue weighted by molar-refractivity contribution is 0.297. The van der Waals surface area contributed by atoms with E-state index in [1.165, 1.54) is 0 Å². The third-order valence-electron chi connectivity index (χ3n) is 2.32. The Bertz CT molecular complexity index is 343. The van der Waals surface area contributed by atoms with E-state index in [2.05, 4.69) is 0 Å². The average molecular weight is 232 g/mol. The van der Waals surface area contributed by atoms with Crippen molar-refractivity contribution in [3.05, 3.63) is 28.2 Å². The van der Waals surface area contributed by atoms with Crippen LogP contribution in [-0.2, 0) is 0 Å². The Hall–Kier alpha value is -0.440. The predicted molar refractivity (Wildman–Crippen MR) is 58.0 cm³/mol. The molecule has 2 N–H and O–H groups in total. The number of hydrogen-bond donors (Lipinski definition) is 1. The number of hydrogen-bond acceptors (Lipinski definition) is 2. The summed E-state index contributed by atoms with van der Waals surface area (Å²) in [5.41, 5.74) is 5.66. The highest BCUT2D eigenvalue weighted by atomic mass is 35.5. The van der Waals surface area contributed by atoms with Crippen LogP contribution < -0.4 is 10.5 Å². The zero-order valence-corrected chi connectivity index (χ0v) is 9.05. The first-order valence-electron chi connectivity index (χ1n) is 4.50. The van der Waals surface area contributed by atoms with Gasteiger partial charge in [0.15, 0.2) is 0 Å². The summed E-state index contributed by atoms with van der Waals surface area (Å²) in [5.74, 6) is 1.16. The van der Waals surface area contributed by atoms with Crippen molar-refractivity contribution in [2.24, 2.45) is 11.7 Å². The minimum absolute atomic E-state index is 0.307. The van der Waals surface area contributed by atoms with Crippen molar-refractivity contribution in [3.8, 4) is 5.75 Å². The molecule has 14 heavy (non-hydrogen) atoms. The zero-order valence-electron chi connectivity index (χ0n) is 7.54. The molecule has 1 saturated carbocycles. The molecule has 0 aliphatic heterocycles. The molecule has 2 nitrogen and oxygen atoms in total. The number of benzene rings is 1. The molecule has 1 aromatic rings. The fraction of sp³-hybridized carbons (Fsp3) is 0.400. The van der Waals surface area contributed by atoms with E-state index in [4.69, 9.17) is 33.7 Å². The summed E-state index contributed by atoms with van der Waals surface area (Å²) in [6, 6.07) is 5.51. The summed E-state index contributed by atoms with van der Waals surface area (Å²) in [6.07, 6.45) is 1.05. The lowest BCUT2D eigenvalue weighted by Crippen LogP contribution is -2.08. The van der Waals surface area contributed by atoms with Crippen LogP contribution in [0.25, 0.3) is 0 Å². The Morgan fingerprint density at radius 2 is 2.14 bits per heavy atom. The number of rotatable bonds is 3. The van der Waals surface area contributed by atoms with Crippen molar-refractivity contribution in [3.63, 3.8) is 0 Å². The number of halogens is 2. The standard InChI is InChI=1S/C10H11Cl2NO/c11-7-1-2-10(8(12)4-7)14-5-6-3-9(6)13/h1-2,4,6,9H,3,5,13H2. The molecule has 4 heteroatoms. The molecule has 1 aliphatic rings. The maximum atomic E-state index is 5.93. The molecule has 1 aliphatic carbocycles. The fourth-order valence-corrected chi connectivity index (χ4v) is 1.71. The predicted octanol–water partition coefficient (Wildman–Crippen LogP) is 2.72. The van der Waals surface area contributed by atoms with Gasteiger partial charge in [-0.15, -0.1) is 0 Å². The normalized spacial score (nSPS) is 24.8. The average Bonchev–Trinajstić information content (AvgIpc) is 2.80. The molecule has 0 saturated heterocycles. The Morgan fingerprint density at radius 1 is 1.43 bits per heavy atom. The van der Waals surface area contributed by atoms with Crippen molar-refractivity contribution in [1.82, 2.24) is 0 Å². The van der Waals surface area contributed by atoms with Crippen molar-refractivity contribution < 1.29 is 4.74 Å². The highest BCUT2D eigenvalue weighted by molar-refractivity contribution is 6.35. The van der Waals surface area contributed by atoms with Gasteiger partial charge in [0.05, 0.1) is 11.6 Å².